The zero-order valence-corrected chi connectivity index (χ0v) is 7.59. The van der Waals surface area contributed by atoms with Crippen molar-refractivity contribution in [2.75, 3.05) is 0 Å². The lowest BCUT2D eigenvalue weighted by molar-refractivity contribution is 0.365. The minimum atomic E-state index is -2.70. The monoisotopic (exact) mass is 174 g/mol. The third-order valence-electron chi connectivity index (χ3n) is 3.20. The van der Waals surface area contributed by atoms with E-state index in [0.717, 1.165) is 25.7 Å². The van der Waals surface area contributed by atoms with Crippen molar-refractivity contribution in [1.82, 2.24) is 0 Å². The summed E-state index contributed by atoms with van der Waals surface area (Å²) < 4.78 is 11.7. The molecule has 1 N–H and O–H groups in total. The van der Waals surface area contributed by atoms with Crippen LogP contribution >= 0.6 is 7.37 Å². The molecular weight excluding hydrogens is 159 g/mol. The van der Waals surface area contributed by atoms with E-state index in [1.807, 2.05) is 0 Å². The second-order valence-electron chi connectivity index (χ2n) is 3.84. The van der Waals surface area contributed by atoms with Crippen molar-refractivity contribution in [1.29, 1.82) is 0 Å². The van der Waals surface area contributed by atoms with Gasteiger partial charge in [-0.3, -0.25) is 4.57 Å². The Morgan fingerprint density at radius 3 is 1.64 bits per heavy atom. The Labute approximate surface area is 67.5 Å². The van der Waals surface area contributed by atoms with Gasteiger partial charge in [0.1, 0.15) is 0 Å². The molecule has 2 saturated heterocycles. The molecule has 2 aliphatic rings. The maximum absolute atomic E-state index is 11.7. The minimum Gasteiger partial charge on any atom is -0.344 e. The van der Waals surface area contributed by atoms with E-state index in [2.05, 4.69) is 0 Å². The van der Waals surface area contributed by atoms with E-state index in [9.17, 15) is 9.46 Å². The lowest BCUT2D eigenvalue weighted by Crippen LogP contribution is -2.28. The van der Waals surface area contributed by atoms with Crippen LogP contribution in [0.4, 0.5) is 0 Å². The molecule has 0 aliphatic carbocycles. The van der Waals surface area contributed by atoms with Crippen LogP contribution in [0.5, 0.6) is 0 Å². The normalized spacial score (nSPS) is 50.6. The molecule has 11 heavy (non-hydrogen) atoms. The summed E-state index contributed by atoms with van der Waals surface area (Å²) >= 11 is 0. The average molecular weight is 174 g/mol. The van der Waals surface area contributed by atoms with E-state index < -0.39 is 7.37 Å². The van der Waals surface area contributed by atoms with E-state index >= 15 is 0 Å². The molecule has 0 aromatic rings. The third-order valence-corrected chi connectivity index (χ3v) is 6.32. The molecule has 2 bridgehead atoms. The molecule has 64 valence electrons. The summed E-state index contributed by atoms with van der Waals surface area (Å²) in [4.78, 5) is 9.71. The first-order chi connectivity index (χ1) is 5.21. The van der Waals surface area contributed by atoms with Crippen LogP contribution < -0.4 is 0 Å². The molecule has 2 aliphatic heterocycles. The van der Waals surface area contributed by atoms with Gasteiger partial charge in [-0.2, -0.15) is 0 Å². The number of hydrogen-bond donors (Lipinski definition) is 1. The van der Waals surface area contributed by atoms with Crippen LogP contribution in [-0.4, -0.2) is 16.2 Å². The first-order valence-electron chi connectivity index (χ1n) is 4.53. The van der Waals surface area contributed by atoms with Crippen LogP contribution in [0, 0.1) is 0 Å². The molecule has 2 nitrogen and oxygen atoms in total. The van der Waals surface area contributed by atoms with Crippen molar-refractivity contribution < 1.29 is 9.46 Å². The van der Waals surface area contributed by atoms with Gasteiger partial charge in [0.2, 0.25) is 7.37 Å². The Balaban J connectivity index is 2.24. The fourth-order valence-corrected chi connectivity index (χ4v) is 5.31. The van der Waals surface area contributed by atoms with Gasteiger partial charge in [-0.25, -0.2) is 0 Å². The largest absolute Gasteiger partial charge is 0.344 e. The second-order valence-corrected chi connectivity index (χ2v) is 6.65. The first-order valence-corrected chi connectivity index (χ1v) is 6.33. The van der Waals surface area contributed by atoms with Crippen molar-refractivity contribution >= 4 is 7.37 Å². The number of rotatable bonds is 0. The Morgan fingerprint density at radius 2 is 1.36 bits per heavy atom. The van der Waals surface area contributed by atoms with Gasteiger partial charge >= 0.3 is 0 Å². The van der Waals surface area contributed by atoms with Gasteiger partial charge in [0.15, 0.2) is 0 Å². The summed E-state index contributed by atoms with van der Waals surface area (Å²) in [6.45, 7) is 0. The zero-order chi connectivity index (χ0) is 7.90. The lowest BCUT2D eigenvalue weighted by Gasteiger charge is -2.38. The fraction of sp³-hybridized carbons (Fsp3) is 1.00. The minimum absolute atomic E-state index is 0.176. The summed E-state index contributed by atoms with van der Waals surface area (Å²) in [7, 11) is -2.70. The molecule has 0 unspecified atom stereocenters. The Kier molecular flexibility index (Phi) is 1.85. The van der Waals surface area contributed by atoms with Gasteiger partial charge < -0.3 is 4.89 Å². The highest BCUT2D eigenvalue weighted by Gasteiger charge is 2.44. The molecule has 0 aromatic heterocycles. The SMILES string of the molecule is O=P1(O)C2CCCC1CCC2. The van der Waals surface area contributed by atoms with Crippen molar-refractivity contribution in [2.24, 2.45) is 0 Å². The molecule has 0 saturated carbocycles. The highest BCUT2D eigenvalue weighted by molar-refractivity contribution is 7.59. The summed E-state index contributed by atoms with van der Waals surface area (Å²) in [6, 6.07) is 0. The average Bonchev–Trinajstić information content (AvgIpc) is 1.82. The van der Waals surface area contributed by atoms with Crippen LogP contribution in [0.1, 0.15) is 38.5 Å². The molecule has 3 heteroatoms. The van der Waals surface area contributed by atoms with Crippen molar-refractivity contribution in [3.63, 3.8) is 0 Å². The van der Waals surface area contributed by atoms with Gasteiger partial charge in [-0.1, -0.05) is 12.8 Å². The molecule has 0 radical (unpaired) electrons. The van der Waals surface area contributed by atoms with Gasteiger partial charge in [-0.05, 0) is 25.7 Å². The summed E-state index contributed by atoms with van der Waals surface area (Å²) in [5.74, 6) is 0. The molecule has 0 amide bonds. The predicted molar refractivity (Wildman–Crippen MR) is 45.1 cm³/mol. The lowest BCUT2D eigenvalue weighted by atomic mass is 9.99. The van der Waals surface area contributed by atoms with Gasteiger partial charge in [0.25, 0.3) is 0 Å². The molecule has 2 heterocycles. The quantitative estimate of drug-likeness (QED) is 0.572. The first kappa shape index (κ1) is 7.82. The van der Waals surface area contributed by atoms with Crippen molar-refractivity contribution in [2.45, 2.75) is 49.8 Å². The van der Waals surface area contributed by atoms with Gasteiger partial charge in [0, 0.05) is 11.3 Å². The topological polar surface area (TPSA) is 37.3 Å². The van der Waals surface area contributed by atoms with Gasteiger partial charge in [-0.15, -0.1) is 0 Å². The van der Waals surface area contributed by atoms with Crippen LogP contribution in [0.25, 0.3) is 0 Å². The van der Waals surface area contributed by atoms with E-state index in [0.29, 0.717) is 0 Å². The molecular formula is C8H15O2P. The summed E-state index contributed by atoms with van der Waals surface area (Å²) in [6.07, 6.45) is 6.38. The maximum Gasteiger partial charge on any atom is 0.206 e. The summed E-state index contributed by atoms with van der Waals surface area (Å²) in [5, 5.41) is 0. The molecule has 0 atom stereocenters. The Hall–Kier alpha value is 0.190. The molecule has 0 aromatic carbocycles. The van der Waals surface area contributed by atoms with E-state index in [-0.39, 0.29) is 11.3 Å². The van der Waals surface area contributed by atoms with E-state index in [1.165, 1.54) is 12.8 Å². The van der Waals surface area contributed by atoms with Crippen molar-refractivity contribution in [3.05, 3.63) is 0 Å². The number of hydrogen-bond acceptors (Lipinski definition) is 1. The highest BCUT2D eigenvalue weighted by Crippen LogP contribution is 2.62. The zero-order valence-electron chi connectivity index (χ0n) is 6.70. The Morgan fingerprint density at radius 1 is 1.00 bits per heavy atom. The third kappa shape index (κ3) is 1.17. The molecule has 2 rings (SSSR count). The second kappa shape index (κ2) is 2.60. The van der Waals surface area contributed by atoms with Crippen LogP contribution in [0.3, 0.4) is 0 Å². The van der Waals surface area contributed by atoms with Crippen LogP contribution in [0.15, 0.2) is 0 Å². The van der Waals surface area contributed by atoms with Crippen molar-refractivity contribution in [3.8, 4) is 0 Å². The number of fused-ring (bicyclic) bond motifs is 2. The van der Waals surface area contributed by atoms with E-state index in [1.54, 1.807) is 0 Å². The van der Waals surface area contributed by atoms with Crippen LogP contribution in [0.2, 0.25) is 0 Å². The fourth-order valence-electron chi connectivity index (χ4n) is 2.50. The highest BCUT2D eigenvalue weighted by atomic mass is 31.2. The molecule has 2 fully saturated rings. The van der Waals surface area contributed by atoms with E-state index in [4.69, 9.17) is 0 Å². The Bertz CT molecular complexity index is 176. The smallest absolute Gasteiger partial charge is 0.206 e. The van der Waals surface area contributed by atoms with Crippen LogP contribution in [-0.2, 0) is 4.57 Å². The summed E-state index contributed by atoms with van der Waals surface area (Å²) in [5.41, 5.74) is 0.352. The predicted octanol–water partition coefficient (Wildman–Crippen LogP) is 2.36. The van der Waals surface area contributed by atoms with Gasteiger partial charge in [0.05, 0.1) is 0 Å². The maximum atomic E-state index is 11.7. The molecule has 0 spiro atoms. The standard InChI is InChI=1S/C8H15O2P/c9-11(10)7-3-1-4-8(11)6-2-5-7/h7-8H,1-6H2,(H,9,10).